The second-order valence-corrected chi connectivity index (χ2v) is 4.68. The average molecular weight is 225 g/mol. The van der Waals surface area contributed by atoms with Crippen LogP contribution in [0.25, 0.3) is 0 Å². The molecular weight excluding hydrogens is 206 g/mol. The molecule has 84 valence electrons. The molecule has 0 aliphatic rings. The van der Waals surface area contributed by atoms with Gasteiger partial charge < -0.3 is 10.4 Å². The highest BCUT2D eigenvalue weighted by atomic mass is 32.2. The Kier molecular flexibility index (Phi) is 5.76. The van der Waals surface area contributed by atoms with E-state index in [9.17, 15) is 0 Å². The van der Waals surface area contributed by atoms with E-state index in [0.29, 0.717) is 0 Å². The minimum atomic E-state index is -0.239. The van der Waals surface area contributed by atoms with E-state index in [0.717, 1.165) is 18.8 Å². The zero-order chi connectivity index (χ0) is 11.1. The molecule has 0 fully saturated rings. The van der Waals surface area contributed by atoms with Crippen LogP contribution in [-0.2, 0) is 6.54 Å². The number of nitrogens with one attached hydrogen (secondary N) is 1. The highest BCUT2D eigenvalue weighted by molar-refractivity contribution is 7.99. The number of thioether (sulfide) groups is 1. The van der Waals surface area contributed by atoms with Gasteiger partial charge in [-0.1, -0.05) is 19.1 Å². The van der Waals surface area contributed by atoms with Gasteiger partial charge in [-0.2, -0.15) is 0 Å². The van der Waals surface area contributed by atoms with Crippen LogP contribution < -0.4 is 5.32 Å². The van der Waals surface area contributed by atoms with Crippen molar-refractivity contribution >= 4 is 11.8 Å². The summed E-state index contributed by atoms with van der Waals surface area (Å²) in [5.41, 5.74) is 1.30. The second-order valence-electron chi connectivity index (χ2n) is 3.58. The van der Waals surface area contributed by atoms with E-state index < -0.39 is 0 Å². The van der Waals surface area contributed by atoms with Gasteiger partial charge >= 0.3 is 0 Å². The highest BCUT2D eigenvalue weighted by Crippen LogP contribution is 2.19. The molecule has 1 atom stereocenters. The van der Waals surface area contributed by atoms with Crippen molar-refractivity contribution in [2.45, 2.75) is 31.4 Å². The van der Waals surface area contributed by atoms with Crippen LogP contribution in [0, 0.1) is 0 Å². The summed E-state index contributed by atoms with van der Waals surface area (Å²) in [5.74, 6) is 0.757. The third kappa shape index (κ3) is 5.21. The van der Waals surface area contributed by atoms with Gasteiger partial charge in [0.25, 0.3) is 0 Å². The van der Waals surface area contributed by atoms with E-state index in [-0.39, 0.29) is 6.10 Å². The van der Waals surface area contributed by atoms with Crippen LogP contribution in [0.1, 0.15) is 19.4 Å². The number of benzene rings is 1. The third-order valence-corrected chi connectivity index (χ3v) is 3.25. The Hall–Kier alpha value is -0.510. The molecule has 3 heteroatoms. The first kappa shape index (κ1) is 12.6. The zero-order valence-corrected chi connectivity index (χ0v) is 10.2. The molecule has 0 aliphatic heterocycles. The number of aliphatic hydroxyl groups excluding tert-OH is 1. The Labute approximate surface area is 96.1 Å². The number of aliphatic hydroxyl groups is 1. The van der Waals surface area contributed by atoms with Crippen molar-refractivity contribution < 1.29 is 5.11 Å². The summed E-state index contributed by atoms with van der Waals surface area (Å²) in [6, 6.07) is 8.49. The number of rotatable bonds is 6. The topological polar surface area (TPSA) is 32.3 Å². The quantitative estimate of drug-likeness (QED) is 0.728. The van der Waals surface area contributed by atoms with Gasteiger partial charge in [-0.05, 0) is 31.2 Å². The number of hydrogen-bond acceptors (Lipinski definition) is 3. The predicted octanol–water partition coefficient (Wildman–Crippen LogP) is 2.27. The van der Waals surface area contributed by atoms with Gasteiger partial charge in [0.2, 0.25) is 0 Å². The first-order valence-electron chi connectivity index (χ1n) is 5.33. The molecule has 0 aromatic heterocycles. The monoisotopic (exact) mass is 225 g/mol. The maximum atomic E-state index is 9.15. The SMILES string of the molecule is CCNCc1ccc(SCC(C)O)cc1. The molecule has 0 spiro atoms. The molecule has 0 saturated heterocycles. The van der Waals surface area contributed by atoms with Crippen molar-refractivity contribution in [1.29, 1.82) is 0 Å². The zero-order valence-electron chi connectivity index (χ0n) is 9.36. The summed E-state index contributed by atoms with van der Waals surface area (Å²) >= 11 is 1.69. The molecule has 0 bridgehead atoms. The Morgan fingerprint density at radius 2 is 2.00 bits per heavy atom. The van der Waals surface area contributed by atoms with Crippen LogP contribution in [0.4, 0.5) is 0 Å². The molecule has 0 aliphatic carbocycles. The van der Waals surface area contributed by atoms with Crippen molar-refractivity contribution in [2.75, 3.05) is 12.3 Å². The van der Waals surface area contributed by atoms with Crippen molar-refractivity contribution in [3.63, 3.8) is 0 Å². The maximum Gasteiger partial charge on any atom is 0.0606 e. The van der Waals surface area contributed by atoms with E-state index in [1.165, 1.54) is 10.5 Å². The van der Waals surface area contributed by atoms with Crippen LogP contribution in [0.5, 0.6) is 0 Å². The van der Waals surface area contributed by atoms with Gasteiger partial charge in [0, 0.05) is 17.2 Å². The molecule has 1 unspecified atom stereocenters. The summed E-state index contributed by atoms with van der Waals surface area (Å²) < 4.78 is 0. The first-order valence-corrected chi connectivity index (χ1v) is 6.31. The lowest BCUT2D eigenvalue weighted by Crippen LogP contribution is -2.11. The lowest BCUT2D eigenvalue weighted by Gasteiger charge is -2.05. The molecule has 0 amide bonds. The van der Waals surface area contributed by atoms with Crippen LogP contribution >= 0.6 is 11.8 Å². The van der Waals surface area contributed by atoms with Crippen molar-refractivity contribution in [3.8, 4) is 0 Å². The van der Waals surface area contributed by atoms with Gasteiger partial charge in [-0.25, -0.2) is 0 Å². The molecular formula is C12H19NOS. The Morgan fingerprint density at radius 3 is 2.53 bits per heavy atom. The van der Waals surface area contributed by atoms with Crippen LogP contribution in [0.2, 0.25) is 0 Å². The van der Waals surface area contributed by atoms with Gasteiger partial charge in [-0.3, -0.25) is 0 Å². The summed E-state index contributed by atoms with van der Waals surface area (Å²) in [6.07, 6.45) is -0.239. The van der Waals surface area contributed by atoms with Gasteiger partial charge in [0.15, 0.2) is 0 Å². The average Bonchev–Trinajstić information content (AvgIpc) is 2.25. The molecule has 0 saturated carbocycles. The molecule has 1 aromatic rings. The smallest absolute Gasteiger partial charge is 0.0606 e. The lowest BCUT2D eigenvalue weighted by molar-refractivity contribution is 0.220. The van der Waals surface area contributed by atoms with Crippen molar-refractivity contribution in [2.24, 2.45) is 0 Å². The van der Waals surface area contributed by atoms with E-state index >= 15 is 0 Å². The summed E-state index contributed by atoms with van der Waals surface area (Å²) in [5, 5.41) is 12.4. The molecule has 1 rings (SSSR count). The van der Waals surface area contributed by atoms with Gasteiger partial charge in [-0.15, -0.1) is 11.8 Å². The predicted molar refractivity (Wildman–Crippen MR) is 66.2 cm³/mol. The lowest BCUT2D eigenvalue weighted by atomic mass is 10.2. The fourth-order valence-corrected chi connectivity index (χ4v) is 1.95. The molecule has 15 heavy (non-hydrogen) atoms. The second kappa shape index (κ2) is 6.88. The largest absolute Gasteiger partial charge is 0.393 e. The minimum Gasteiger partial charge on any atom is -0.393 e. The normalized spacial score (nSPS) is 12.7. The van der Waals surface area contributed by atoms with E-state index in [1.54, 1.807) is 11.8 Å². The first-order chi connectivity index (χ1) is 7.22. The van der Waals surface area contributed by atoms with Crippen LogP contribution in [0.3, 0.4) is 0 Å². The molecule has 2 N–H and O–H groups in total. The highest BCUT2D eigenvalue weighted by Gasteiger charge is 1.98. The fourth-order valence-electron chi connectivity index (χ4n) is 1.19. The molecule has 0 heterocycles. The molecule has 0 radical (unpaired) electrons. The Morgan fingerprint density at radius 1 is 1.33 bits per heavy atom. The fraction of sp³-hybridized carbons (Fsp3) is 0.500. The van der Waals surface area contributed by atoms with E-state index in [4.69, 9.17) is 5.11 Å². The third-order valence-electron chi connectivity index (χ3n) is 1.99. The van der Waals surface area contributed by atoms with Gasteiger partial charge in [0.1, 0.15) is 0 Å². The number of hydrogen-bond donors (Lipinski definition) is 2. The Balaban J connectivity index is 2.41. The van der Waals surface area contributed by atoms with Crippen LogP contribution in [-0.4, -0.2) is 23.5 Å². The van der Waals surface area contributed by atoms with Gasteiger partial charge in [0.05, 0.1) is 6.10 Å². The van der Waals surface area contributed by atoms with E-state index in [1.807, 2.05) is 6.92 Å². The minimum absolute atomic E-state index is 0.239. The van der Waals surface area contributed by atoms with E-state index in [2.05, 4.69) is 36.5 Å². The summed E-state index contributed by atoms with van der Waals surface area (Å²) in [7, 11) is 0. The Bertz CT molecular complexity index is 271. The summed E-state index contributed by atoms with van der Waals surface area (Å²) in [6.45, 7) is 5.84. The van der Waals surface area contributed by atoms with Crippen LogP contribution in [0.15, 0.2) is 29.2 Å². The van der Waals surface area contributed by atoms with Crippen molar-refractivity contribution in [3.05, 3.63) is 29.8 Å². The standard InChI is InChI=1S/C12H19NOS/c1-3-13-8-11-4-6-12(7-5-11)15-9-10(2)14/h4-7,10,13-14H,3,8-9H2,1-2H3. The molecule has 2 nitrogen and oxygen atoms in total. The van der Waals surface area contributed by atoms with Crippen molar-refractivity contribution in [1.82, 2.24) is 5.32 Å². The maximum absolute atomic E-state index is 9.15. The molecule has 1 aromatic carbocycles. The summed E-state index contributed by atoms with van der Waals surface area (Å²) in [4.78, 5) is 1.22.